The molecular formula is C17H15N5OS. The van der Waals surface area contributed by atoms with Crippen molar-refractivity contribution in [1.82, 2.24) is 19.7 Å². The second kappa shape index (κ2) is 5.61. The Bertz CT molecular complexity index is 977. The number of anilines is 1. The van der Waals surface area contributed by atoms with Crippen molar-refractivity contribution < 1.29 is 4.79 Å². The number of hydrogen-bond donors (Lipinski definition) is 2. The van der Waals surface area contributed by atoms with E-state index in [0.29, 0.717) is 4.88 Å². The highest BCUT2D eigenvalue weighted by atomic mass is 32.1. The van der Waals surface area contributed by atoms with Crippen LogP contribution in [-0.2, 0) is 7.05 Å². The molecule has 0 spiro atoms. The second-order valence-electron chi connectivity index (χ2n) is 5.51. The Balaban J connectivity index is 1.55. The third kappa shape index (κ3) is 2.48. The highest BCUT2D eigenvalue weighted by molar-refractivity contribution is 7.20. The summed E-state index contributed by atoms with van der Waals surface area (Å²) in [6.45, 7) is 1.95. The number of carbonyl (C=O) groups excluding carboxylic acids is 1. The molecular weight excluding hydrogens is 322 g/mol. The van der Waals surface area contributed by atoms with Crippen LogP contribution in [0.3, 0.4) is 0 Å². The second-order valence-corrected chi connectivity index (χ2v) is 6.54. The highest BCUT2D eigenvalue weighted by Gasteiger charge is 2.15. The van der Waals surface area contributed by atoms with E-state index in [2.05, 4.69) is 20.4 Å². The molecule has 3 heterocycles. The molecule has 3 aromatic heterocycles. The number of H-pyrrole nitrogens is 1. The first-order chi connectivity index (χ1) is 11.6. The molecule has 0 bridgehead atoms. The van der Waals surface area contributed by atoms with E-state index in [0.717, 1.165) is 33.0 Å². The number of aromatic nitrogens is 4. The number of fused-ring (bicyclic) bond motifs is 1. The lowest BCUT2D eigenvalue weighted by Crippen LogP contribution is -2.09. The molecule has 7 heteroatoms. The van der Waals surface area contributed by atoms with Crippen LogP contribution in [-0.4, -0.2) is 25.7 Å². The lowest BCUT2D eigenvalue weighted by Gasteiger charge is -2.04. The van der Waals surface area contributed by atoms with Crippen LogP contribution in [0.15, 0.2) is 42.7 Å². The SMILES string of the molecule is Cc1nn(C)c2sc(C(=O)Nc3ccc(-c4ncc[nH]4)cc3)cc12. The van der Waals surface area contributed by atoms with Gasteiger partial charge in [-0.25, -0.2) is 4.98 Å². The van der Waals surface area contributed by atoms with Crippen molar-refractivity contribution in [3.8, 4) is 11.4 Å². The molecule has 0 aliphatic heterocycles. The third-order valence-corrected chi connectivity index (χ3v) is 5.04. The lowest BCUT2D eigenvalue weighted by molar-refractivity contribution is 0.103. The van der Waals surface area contributed by atoms with Gasteiger partial charge in [-0.1, -0.05) is 0 Å². The number of aryl methyl sites for hydroxylation is 2. The molecule has 0 unspecified atom stereocenters. The normalized spacial score (nSPS) is 11.1. The first-order valence-electron chi connectivity index (χ1n) is 7.46. The number of thiophene rings is 1. The molecule has 0 aliphatic carbocycles. The van der Waals surface area contributed by atoms with Crippen LogP contribution in [0.5, 0.6) is 0 Å². The number of aromatic amines is 1. The molecule has 0 atom stereocenters. The number of nitrogens with zero attached hydrogens (tertiary/aromatic N) is 3. The van der Waals surface area contributed by atoms with Gasteiger partial charge in [-0.2, -0.15) is 5.10 Å². The summed E-state index contributed by atoms with van der Waals surface area (Å²) in [4.78, 5) is 21.4. The Morgan fingerprint density at radius 3 is 2.75 bits per heavy atom. The highest BCUT2D eigenvalue weighted by Crippen LogP contribution is 2.28. The molecule has 0 fully saturated rings. The Kier molecular flexibility index (Phi) is 3.42. The van der Waals surface area contributed by atoms with Crippen LogP contribution < -0.4 is 5.32 Å². The minimum Gasteiger partial charge on any atom is -0.345 e. The van der Waals surface area contributed by atoms with Gasteiger partial charge in [0.25, 0.3) is 5.91 Å². The summed E-state index contributed by atoms with van der Waals surface area (Å²) in [6, 6.07) is 9.49. The zero-order chi connectivity index (χ0) is 16.7. The average Bonchev–Trinajstić information content (AvgIpc) is 3.29. The van der Waals surface area contributed by atoms with Crippen molar-refractivity contribution >= 4 is 33.1 Å². The maximum absolute atomic E-state index is 12.5. The molecule has 0 saturated heterocycles. The minimum atomic E-state index is -0.110. The van der Waals surface area contributed by atoms with Crippen LogP contribution in [0.4, 0.5) is 5.69 Å². The van der Waals surface area contributed by atoms with Crippen molar-refractivity contribution in [1.29, 1.82) is 0 Å². The van der Waals surface area contributed by atoms with Crippen molar-refractivity contribution in [2.45, 2.75) is 6.92 Å². The molecule has 0 saturated carbocycles. The van der Waals surface area contributed by atoms with E-state index in [1.807, 2.05) is 49.0 Å². The first-order valence-corrected chi connectivity index (χ1v) is 8.28. The van der Waals surface area contributed by atoms with E-state index < -0.39 is 0 Å². The van der Waals surface area contributed by atoms with E-state index in [9.17, 15) is 4.79 Å². The Hall–Kier alpha value is -2.93. The van der Waals surface area contributed by atoms with Crippen LogP contribution in [0, 0.1) is 6.92 Å². The Morgan fingerprint density at radius 2 is 2.08 bits per heavy atom. The monoisotopic (exact) mass is 337 g/mol. The number of amides is 1. The number of benzene rings is 1. The van der Waals surface area contributed by atoms with Crippen LogP contribution >= 0.6 is 11.3 Å². The van der Waals surface area contributed by atoms with Crippen LogP contribution in [0.25, 0.3) is 21.6 Å². The fourth-order valence-electron chi connectivity index (χ4n) is 2.64. The molecule has 6 nitrogen and oxygen atoms in total. The van der Waals surface area contributed by atoms with Gasteiger partial charge in [0.2, 0.25) is 0 Å². The molecule has 1 amide bonds. The predicted molar refractivity (Wildman–Crippen MR) is 95.3 cm³/mol. The summed E-state index contributed by atoms with van der Waals surface area (Å²) in [6.07, 6.45) is 3.49. The molecule has 0 aliphatic rings. The molecule has 0 radical (unpaired) electrons. The molecule has 1 aromatic carbocycles. The Morgan fingerprint density at radius 1 is 1.29 bits per heavy atom. The van der Waals surface area contributed by atoms with E-state index in [1.54, 1.807) is 12.4 Å². The molecule has 2 N–H and O–H groups in total. The maximum atomic E-state index is 12.5. The fourth-order valence-corrected chi connectivity index (χ4v) is 3.66. The van der Waals surface area contributed by atoms with E-state index in [4.69, 9.17) is 0 Å². The maximum Gasteiger partial charge on any atom is 0.265 e. The van der Waals surface area contributed by atoms with E-state index >= 15 is 0 Å². The van der Waals surface area contributed by atoms with E-state index in [1.165, 1.54) is 11.3 Å². The largest absolute Gasteiger partial charge is 0.345 e. The standard InChI is InChI=1S/C17H15N5OS/c1-10-13-9-14(24-17(13)22(2)21-10)16(23)20-12-5-3-11(4-6-12)15-18-7-8-19-15/h3-9H,1-2H3,(H,18,19)(H,20,23). The summed E-state index contributed by atoms with van der Waals surface area (Å²) in [5.41, 5.74) is 2.66. The van der Waals surface area contributed by atoms with Gasteiger partial charge < -0.3 is 10.3 Å². The van der Waals surface area contributed by atoms with Gasteiger partial charge in [0, 0.05) is 36.1 Å². The smallest absolute Gasteiger partial charge is 0.265 e. The van der Waals surface area contributed by atoms with Gasteiger partial charge in [0.05, 0.1) is 10.6 Å². The Labute approximate surface area is 142 Å². The summed E-state index contributed by atoms with van der Waals surface area (Å²) in [7, 11) is 1.89. The lowest BCUT2D eigenvalue weighted by atomic mass is 10.2. The minimum absolute atomic E-state index is 0.110. The number of hydrogen-bond acceptors (Lipinski definition) is 4. The number of carbonyl (C=O) groups is 1. The third-order valence-electron chi connectivity index (χ3n) is 3.83. The summed E-state index contributed by atoms with van der Waals surface area (Å²) >= 11 is 1.45. The van der Waals surface area contributed by atoms with Gasteiger partial charge in [-0.3, -0.25) is 9.48 Å². The van der Waals surface area contributed by atoms with E-state index in [-0.39, 0.29) is 5.91 Å². The van der Waals surface area contributed by atoms with Crippen molar-refractivity contribution in [3.63, 3.8) is 0 Å². The van der Waals surface area contributed by atoms with Crippen molar-refractivity contribution in [2.75, 3.05) is 5.32 Å². The van der Waals surface area contributed by atoms with Gasteiger partial charge in [0.15, 0.2) is 0 Å². The fraction of sp³-hybridized carbons (Fsp3) is 0.118. The van der Waals surface area contributed by atoms with Crippen LogP contribution in [0.2, 0.25) is 0 Å². The predicted octanol–water partition coefficient (Wildman–Crippen LogP) is 3.59. The quantitative estimate of drug-likeness (QED) is 0.600. The zero-order valence-electron chi connectivity index (χ0n) is 13.2. The molecule has 4 rings (SSSR count). The van der Waals surface area contributed by atoms with Gasteiger partial charge in [-0.05, 0) is 37.3 Å². The first kappa shape index (κ1) is 14.6. The molecule has 4 aromatic rings. The van der Waals surface area contributed by atoms with Crippen LogP contribution in [0.1, 0.15) is 15.4 Å². The van der Waals surface area contributed by atoms with Crippen molar-refractivity contribution in [2.24, 2.45) is 7.05 Å². The summed E-state index contributed by atoms with van der Waals surface area (Å²) in [5.74, 6) is 0.696. The molecule has 120 valence electrons. The molecule has 24 heavy (non-hydrogen) atoms. The van der Waals surface area contributed by atoms with Gasteiger partial charge >= 0.3 is 0 Å². The van der Waals surface area contributed by atoms with Gasteiger partial charge in [0.1, 0.15) is 10.7 Å². The van der Waals surface area contributed by atoms with Crippen molar-refractivity contribution in [3.05, 3.63) is 53.3 Å². The average molecular weight is 337 g/mol. The topological polar surface area (TPSA) is 75.6 Å². The number of nitrogens with one attached hydrogen (secondary N) is 2. The zero-order valence-corrected chi connectivity index (χ0v) is 14.0. The number of rotatable bonds is 3. The summed E-state index contributed by atoms with van der Waals surface area (Å²) in [5, 5.41) is 8.32. The summed E-state index contributed by atoms with van der Waals surface area (Å²) < 4.78 is 1.81. The number of imidazole rings is 1. The van der Waals surface area contributed by atoms with Gasteiger partial charge in [-0.15, -0.1) is 11.3 Å².